The Bertz CT molecular complexity index is 1400. The molecule has 1 aliphatic carbocycles. The third kappa shape index (κ3) is 6.61. The Labute approximate surface area is 229 Å². The number of nitrogens with one attached hydrogen (secondary N) is 2. The number of rotatable bonds is 11. The molecule has 0 saturated heterocycles. The van der Waals surface area contributed by atoms with Gasteiger partial charge in [0.15, 0.2) is 11.5 Å². The second kappa shape index (κ2) is 12.2. The lowest BCUT2D eigenvalue weighted by molar-refractivity contribution is -0.127. The minimum Gasteiger partial charge on any atom is -0.486 e. The van der Waals surface area contributed by atoms with Crippen LogP contribution in [0, 0.1) is 5.92 Å². The van der Waals surface area contributed by atoms with Gasteiger partial charge in [0.1, 0.15) is 13.2 Å². The van der Waals surface area contributed by atoms with Crippen molar-refractivity contribution in [3.05, 3.63) is 89.5 Å². The summed E-state index contributed by atoms with van der Waals surface area (Å²) in [6, 6.07) is 22.6. The summed E-state index contributed by atoms with van der Waals surface area (Å²) in [7, 11) is -2.30. The van der Waals surface area contributed by atoms with Crippen LogP contribution in [0.4, 0.5) is 0 Å². The monoisotopic (exact) mass is 550 g/mol. The van der Waals surface area contributed by atoms with Crippen molar-refractivity contribution in [2.45, 2.75) is 42.7 Å². The first-order chi connectivity index (χ1) is 18.9. The number of aryl methyl sites for hydroxylation is 1. The lowest BCUT2D eigenvalue weighted by Crippen LogP contribution is -2.39. The van der Waals surface area contributed by atoms with Crippen molar-refractivity contribution in [2.75, 3.05) is 26.9 Å². The van der Waals surface area contributed by atoms with Gasteiger partial charge >= 0.3 is 0 Å². The predicted molar refractivity (Wildman–Crippen MR) is 147 cm³/mol. The standard InChI is InChI=1S/C30H34N2O6S/c1-36-24(20-31-39(34,35)25-12-14-28-29(19-25)38-16-15-37-28)18-23(17-21-7-3-2-4-8-21)30(33)32-27-13-11-22-9-5-6-10-26(22)27/h2-10,12,14,19,23-24,27,31H,11,13,15-18,20H2,1H3,(H,32,33)/t23-,24+,27-/m1/s1. The predicted octanol–water partition coefficient (Wildman–Crippen LogP) is 3.80. The largest absolute Gasteiger partial charge is 0.486 e. The Morgan fingerprint density at radius 1 is 1.00 bits per heavy atom. The highest BCUT2D eigenvalue weighted by molar-refractivity contribution is 7.89. The van der Waals surface area contributed by atoms with Gasteiger partial charge < -0.3 is 19.5 Å². The average Bonchev–Trinajstić information content (AvgIpc) is 3.37. The van der Waals surface area contributed by atoms with Crippen molar-refractivity contribution in [3.8, 4) is 11.5 Å². The molecular formula is C30H34N2O6S. The Kier molecular flexibility index (Phi) is 8.50. The van der Waals surface area contributed by atoms with Gasteiger partial charge in [0.05, 0.1) is 17.0 Å². The Morgan fingerprint density at radius 3 is 2.54 bits per heavy atom. The molecule has 0 fully saturated rings. The fourth-order valence-electron chi connectivity index (χ4n) is 5.24. The van der Waals surface area contributed by atoms with Crippen LogP contribution in [0.2, 0.25) is 0 Å². The van der Waals surface area contributed by atoms with Crippen LogP contribution in [0.25, 0.3) is 0 Å². The van der Waals surface area contributed by atoms with Crippen LogP contribution in [-0.2, 0) is 32.4 Å². The topological polar surface area (TPSA) is 103 Å². The molecular weight excluding hydrogens is 516 g/mol. The first-order valence-corrected chi connectivity index (χ1v) is 14.8. The van der Waals surface area contributed by atoms with E-state index < -0.39 is 22.0 Å². The number of ether oxygens (including phenoxy) is 3. The van der Waals surface area contributed by atoms with Crippen molar-refractivity contribution in [2.24, 2.45) is 5.92 Å². The van der Waals surface area contributed by atoms with E-state index in [1.807, 2.05) is 42.5 Å². The molecule has 3 atom stereocenters. The summed E-state index contributed by atoms with van der Waals surface area (Å²) in [4.78, 5) is 13.7. The lowest BCUT2D eigenvalue weighted by Gasteiger charge is -2.25. The van der Waals surface area contributed by atoms with Crippen molar-refractivity contribution in [1.29, 1.82) is 0 Å². The number of carbonyl (C=O) groups is 1. The molecule has 0 saturated carbocycles. The molecule has 1 aliphatic heterocycles. The maximum Gasteiger partial charge on any atom is 0.240 e. The third-order valence-electron chi connectivity index (χ3n) is 7.35. The highest BCUT2D eigenvalue weighted by Gasteiger charge is 2.30. The van der Waals surface area contributed by atoms with Gasteiger partial charge in [-0.05, 0) is 54.5 Å². The zero-order valence-electron chi connectivity index (χ0n) is 22.0. The van der Waals surface area contributed by atoms with E-state index in [0.29, 0.717) is 37.6 Å². The number of methoxy groups -OCH3 is 1. The smallest absolute Gasteiger partial charge is 0.240 e. The molecule has 1 heterocycles. The van der Waals surface area contributed by atoms with Crippen LogP contribution in [0.5, 0.6) is 11.5 Å². The molecule has 0 unspecified atom stereocenters. The van der Waals surface area contributed by atoms with Gasteiger partial charge in [-0.25, -0.2) is 13.1 Å². The number of benzene rings is 3. The van der Waals surface area contributed by atoms with Crippen molar-refractivity contribution < 1.29 is 27.4 Å². The van der Waals surface area contributed by atoms with Gasteiger partial charge in [0.2, 0.25) is 15.9 Å². The summed E-state index contributed by atoms with van der Waals surface area (Å²) in [5, 5.41) is 3.25. The van der Waals surface area contributed by atoms with Gasteiger partial charge in [0.25, 0.3) is 0 Å². The van der Waals surface area contributed by atoms with Gasteiger partial charge in [-0.1, -0.05) is 54.6 Å². The minimum atomic E-state index is -3.83. The maximum absolute atomic E-state index is 13.6. The fourth-order valence-corrected chi connectivity index (χ4v) is 6.32. The molecule has 5 rings (SSSR count). The van der Waals surface area contributed by atoms with Gasteiger partial charge in [-0.2, -0.15) is 0 Å². The molecule has 8 nitrogen and oxygen atoms in total. The quantitative estimate of drug-likeness (QED) is 0.377. The van der Waals surface area contributed by atoms with Crippen LogP contribution in [0.3, 0.4) is 0 Å². The van der Waals surface area contributed by atoms with E-state index in [9.17, 15) is 13.2 Å². The SMILES string of the molecule is CO[C@H](CNS(=O)(=O)c1ccc2c(c1)OCCO2)C[C@@H](Cc1ccccc1)C(=O)N[C@@H]1CCc2ccccc21. The average molecular weight is 551 g/mol. The van der Waals surface area contributed by atoms with Crippen LogP contribution in [0.15, 0.2) is 77.7 Å². The van der Waals surface area contributed by atoms with E-state index in [1.165, 1.54) is 30.4 Å². The van der Waals surface area contributed by atoms with Crippen molar-refractivity contribution in [1.82, 2.24) is 10.0 Å². The van der Waals surface area contributed by atoms with Crippen LogP contribution >= 0.6 is 0 Å². The van der Waals surface area contributed by atoms with Crippen LogP contribution in [0.1, 0.15) is 35.6 Å². The normalized spacial score (nSPS) is 17.7. The van der Waals surface area contributed by atoms with E-state index in [0.717, 1.165) is 18.4 Å². The molecule has 3 aromatic carbocycles. The molecule has 2 aliphatic rings. The highest BCUT2D eigenvalue weighted by atomic mass is 32.2. The molecule has 0 aromatic heterocycles. The highest BCUT2D eigenvalue weighted by Crippen LogP contribution is 2.33. The van der Waals surface area contributed by atoms with Crippen molar-refractivity contribution in [3.63, 3.8) is 0 Å². The number of hydrogen-bond donors (Lipinski definition) is 2. The zero-order valence-corrected chi connectivity index (χ0v) is 22.8. The number of amides is 1. The Balaban J connectivity index is 1.27. The first-order valence-electron chi connectivity index (χ1n) is 13.3. The molecule has 0 bridgehead atoms. The molecule has 39 heavy (non-hydrogen) atoms. The number of carbonyl (C=O) groups excluding carboxylic acids is 1. The molecule has 9 heteroatoms. The second-order valence-electron chi connectivity index (χ2n) is 9.94. The van der Waals surface area contributed by atoms with Crippen LogP contribution in [-0.4, -0.2) is 47.3 Å². The summed E-state index contributed by atoms with van der Waals surface area (Å²) >= 11 is 0. The molecule has 0 spiro atoms. The second-order valence-corrected chi connectivity index (χ2v) is 11.7. The zero-order chi connectivity index (χ0) is 27.2. The maximum atomic E-state index is 13.6. The van der Waals surface area contributed by atoms with Gasteiger partial charge in [0, 0.05) is 25.6 Å². The molecule has 3 aromatic rings. The Hall–Kier alpha value is -3.40. The van der Waals surface area contributed by atoms with E-state index in [-0.39, 0.29) is 23.4 Å². The lowest BCUT2D eigenvalue weighted by atomic mass is 9.92. The van der Waals surface area contributed by atoms with E-state index in [1.54, 1.807) is 6.07 Å². The molecule has 206 valence electrons. The van der Waals surface area contributed by atoms with Crippen LogP contribution < -0.4 is 19.5 Å². The Morgan fingerprint density at radius 2 is 1.74 bits per heavy atom. The fraction of sp³-hybridized carbons (Fsp3) is 0.367. The number of fused-ring (bicyclic) bond motifs is 2. The summed E-state index contributed by atoms with van der Waals surface area (Å²) in [6.07, 6.45) is 2.18. The molecule has 1 amide bonds. The molecule has 2 N–H and O–H groups in total. The minimum absolute atomic E-state index is 0.0259. The summed E-state index contributed by atoms with van der Waals surface area (Å²) in [5.41, 5.74) is 3.47. The number of hydrogen-bond acceptors (Lipinski definition) is 6. The first kappa shape index (κ1) is 27.2. The third-order valence-corrected chi connectivity index (χ3v) is 8.77. The van der Waals surface area contributed by atoms with E-state index in [2.05, 4.69) is 22.2 Å². The molecule has 0 radical (unpaired) electrons. The van der Waals surface area contributed by atoms with Crippen molar-refractivity contribution >= 4 is 15.9 Å². The van der Waals surface area contributed by atoms with E-state index >= 15 is 0 Å². The van der Waals surface area contributed by atoms with Gasteiger partial charge in [-0.15, -0.1) is 0 Å². The summed E-state index contributed by atoms with van der Waals surface area (Å²) in [6.45, 7) is 0.822. The summed E-state index contributed by atoms with van der Waals surface area (Å²) < 4.78 is 45.4. The van der Waals surface area contributed by atoms with Gasteiger partial charge in [-0.3, -0.25) is 4.79 Å². The summed E-state index contributed by atoms with van der Waals surface area (Å²) in [5.74, 6) is 0.469. The number of sulfonamides is 1. The van der Waals surface area contributed by atoms with E-state index in [4.69, 9.17) is 14.2 Å².